The van der Waals surface area contributed by atoms with E-state index < -0.39 is 0 Å². The highest BCUT2D eigenvalue weighted by Gasteiger charge is 2.54. The molecule has 0 aromatic carbocycles. The van der Waals surface area contributed by atoms with Crippen LogP contribution in [0.3, 0.4) is 0 Å². The summed E-state index contributed by atoms with van der Waals surface area (Å²) in [4.78, 5) is 0. The molecule has 17 heavy (non-hydrogen) atoms. The monoisotopic (exact) mass is 238 g/mol. The molecule has 0 unspecified atom stereocenters. The van der Waals surface area contributed by atoms with Crippen molar-refractivity contribution < 1.29 is 9.31 Å². The van der Waals surface area contributed by atoms with Gasteiger partial charge in [-0.05, 0) is 51.8 Å². The Morgan fingerprint density at radius 1 is 0.824 bits per heavy atom. The fourth-order valence-corrected chi connectivity index (χ4v) is 2.77. The van der Waals surface area contributed by atoms with Crippen molar-refractivity contribution in [1.29, 1.82) is 0 Å². The molecule has 2 rings (SSSR count). The van der Waals surface area contributed by atoms with Gasteiger partial charge in [-0.3, -0.25) is 0 Å². The van der Waals surface area contributed by atoms with Gasteiger partial charge in [-0.1, -0.05) is 26.7 Å². The van der Waals surface area contributed by atoms with Crippen molar-refractivity contribution in [1.82, 2.24) is 0 Å². The van der Waals surface area contributed by atoms with Gasteiger partial charge in [0.2, 0.25) is 0 Å². The van der Waals surface area contributed by atoms with E-state index in [0.29, 0.717) is 11.2 Å². The minimum absolute atomic E-state index is 0.0103. The molecule has 98 valence electrons. The van der Waals surface area contributed by atoms with Crippen LogP contribution in [0, 0.1) is 5.41 Å². The molecule has 0 N–H and O–H groups in total. The molecule has 0 spiro atoms. The first-order chi connectivity index (χ1) is 7.63. The first-order valence-corrected chi connectivity index (χ1v) is 6.99. The molecule has 1 aliphatic carbocycles. The third-order valence-electron chi connectivity index (χ3n) is 5.04. The molecule has 0 bridgehead atoms. The summed E-state index contributed by atoms with van der Waals surface area (Å²) in [5, 5.41) is 0. The summed E-state index contributed by atoms with van der Waals surface area (Å²) in [5.41, 5.74) is 0.162. The zero-order valence-corrected chi connectivity index (χ0v) is 12.3. The van der Waals surface area contributed by atoms with Gasteiger partial charge in [-0.25, -0.2) is 0 Å². The van der Waals surface area contributed by atoms with Crippen LogP contribution in [0.1, 0.15) is 67.2 Å². The first-order valence-electron chi connectivity index (χ1n) is 6.99. The first kappa shape index (κ1) is 13.4. The van der Waals surface area contributed by atoms with E-state index in [1.165, 1.54) is 25.7 Å². The molecule has 2 fully saturated rings. The summed E-state index contributed by atoms with van der Waals surface area (Å²) in [7, 11) is 0.0103. The van der Waals surface area contributed by atoms with E-state index in [1.54, 1.807) is 0 Å². The lowest BCUT2D eigenvalue weighted by atomic mass is 9.60. The highest BCUT2D eigenvalue weighted by Crippen LogP contribution is 2.47. The van der Waals surface area contributed by atoms with Gasteiger partial charge in [-0.15, -0.1) is 0 Å². The van der Waals surface area contributed by atoms with Crippen LogP contribution >= 0.6 is 0 Å². The molecule has 0 amide bonds. The zero-order chi connectivity index (χ0) is 12.9. The van der Waals surface area contributed by atoms with Gasteiger partial charge in [0.25, 0.3) is 0 Å². The van der Waals surface area contributed by atoms with Gasteiger partial charge in [0.1, 0.15) is 0 Å². The summed E-state index contributed by atoms with van der Waals surface area (Å²) in [6, 6.07) is 0. The Labute approximate surface area is 107 Å². The fraction of sp³-hybridized carbons (Fsp3) is 1.00. The Morgan fingerprint density at radius 2 is 1.24 bits per heavy atom. The van der Waals surface area contributed by atoms with Crippen LogP contribution in [-0.2, 0) is 9.31 Å². The third-order valence-corrected chi connectivity index (χ3v) is 5.04. The molecule has 2 nitrogen and oxygen atoms in total. The Hall–Kier alpha value is -0.0151. The highest BCUT2D eigenvalue weighted by atomic mass is 16.7. The third kappa shape index (κ3) is 2.55. The second-order valence-corrected chi connectivity index (χ2v) is 7.63. The van der Waals surface area contributed by atoms with E-state index in [0.717, 1.165) is 0 Å². The lowest BCUT2D eigenvalue weighted by Gasteiger charge is -2.34. The molecule has 0 atom stereocenters. The molecule has 0 radical (unpaired) electrons. The van der Waals surface area contributed by atoms with Crippen LogP contribution < -0.4 is 0 Å². The van der Waals surface area contributed by atoms with Crippen molar-refractivity contribution in [2.45, 2.75) is 84.2 Å². The number of hydrogen-bond donors (Lipinski definition) is 0. The average Bonchev–Trinajstić information content (AvgIpc) is 2.35. The minimum atomic E-state index is -0.176. The van der Waals surface area contributed by atoms with E-state index in [4.69, 9.17) is 9.31 Å². The van der Waals surface area contributed by atoms with Crippen LogP contribution in [-0.4, -0.2) is 18.3 Å². The summed E-state index contributed by atoms with van der Waals surface area (Å²) in [5.74, 6) is 0.587. The van der Waals surface area contributed by atoms with Crippen molar-refractivity contribution in [2.75, 3.05) is 0 Å². The Kier molecular flexibility index (Phi) is 3.15. The second-order valence-electron chi connectivity index (χ2n) is 7.63. The topological polar surface area (TPSA) is 18.5 Å². The SMILES string of the molecule is CC1(C)CCC(B2OC(C)(C)C(C)(C)O2)CC1. The van der Waals surface area contributed by atoms with Gasteiger partial charge in [0.05, 0.1) is 11.2 Å². The van der Waals surface area contributed by atoms with Crippen molar-refractivity contribution in [2.24, 2.45) is 5.41 Å². The minimum Gasteiger partial charge on any atom is -0.403 e. The predicted molar refractivity (Wildman–Crippen MR) is 72.1 cm³/mol. The van der Waals surface area contributed by atoms with E-state index in [9.17, 15) is 0 Å². The fourth-order valence-electron chi connectivity index (χ4n) is 2.77. The van der Waals surface area contributed by atoms with Gasteiger partial charge in [0, 0.05) is 0 Å². The van der Waals surface area contributed by atoms with Crippen LogP contribution in [0.2, 0.25) is 5.82 Å². The highest BCUT2D eigenvalue weighted by molar-refractivity contribution is 6.47. The van der Waals surface area contributed by atoms with Crippen LogP contribution in [0.5, 0.6) is 0 Å². The molecule has 0 aromatic rings. The van der Waals surface area contributed by atoms with E-state index in [2.05, 4.69) is 41.5 Å². The molecule has 1 saturated heterocycles. The van der Waals surface area contributed by atoms with Crippen LogP contribution in [0.4, 0.5) is 0 Å². The molecular weight excluding hydrogens is 211 g/mol. The summed E-state index contributed by atoms with van der Waals surface area (Å²) in [6.45, 7) is 13.3. The van der Waals surface area contributed by atoms with E-state index in [-0.39, 0.29) is 18.3 Å². The van der Waals surface area contributed by atoms with Crippen LogP contribution in [0.25, 0.3) is 0 Å². The largest absolute Gasteiger partial charge is 0.461 e. The van der Waals surface area contributed by atoms with E-state index >= 15 is 0 Å². The van der Waals surface area contributed by atoms with Crippen molar-refractivity contribution >= 4 is 7.12 Å². The maximum Gasteiger partial charge on any atom is 0.461 e. The summed E-state index contributed by atoms with van der Waals surface area (Å²) < 4.78 is 12.3. The van der Waals surface area contributed by atoms with Gasteiger partial charge in [-0.2, -0.15) is 0 Å². The van der Waals surface area contributed by atoms with Crippen LogP contribution in [0.15, 0.2) is 0 Å². The van der Waals surface area contributed by atoms with Crippen molar-refractivity contribution in [3.63, 3.8) is 0 Å². The molecule has 1 heterocycles. The Bertz CT molecular complexity index is 271. The Morgan fingerprint density at radius 3 is 1.65 bits per heavy atom. The van der Waals surface area contributed by atoms with Crippen molar-refractivity contribution in [3.05, 3.63) is 0 Å². The summed E-state index contributed by atoms with van der Waals surface area (Å²) >= 11 is 0. The number of rotatable bonds is 1. The van der Waals surface area contributed by atoms with Gasteiger partial charge in [0.15, 0.2) is 0 Å². The maximum absolute atomic E-state index is 6.15. The van der Waals surface area contributed by atoms with Gasteiger partial charge >= 0.3 is 7.12 Å². The lowest BCUT2D eigenvalue weighted by molar-refractivity contribution is 0.00578. The predicted octanol–water partition coefficient (Wildman–Crippen LogP) is 4.05. The molecular formula is C14H27BO2. The molecule has 3 heteroatoms. The summed E-state index contributed by atoms with van der Waals surface area (Å²) in [6.07, 6.45) is 5.07. The zero-order valence-electron chi connectivity index (χ0n) is 12.3. The van der Waals surface area contributed by atoms with E-state index in [1.807, 2.05) is 0 Å². The van der Waals surface area contributed by atoms with Crippen molar-refractivity contribution in [3.8, 4) is 0 Å². The quantitative estimate of drug-likeness (QED) is 0.641. The molecule has 0 aromatic heterocycles. The maximum atomic E-state index is 6.15. The molecule has 2 aliphatic rings. The second kappa shape index (κ2) is 3.99. The normalized spacial score (nSPS) is 31.8. The molecule has 1 aliphatic heterocycles. The average molecular weight is 238 g/mol. The standard InChI is InChI=1S/C14H27BO2/c1-12(2)9-7-11(8-10-12)15-16-13(3,4)14(5,6)17-15/h11H,7-10H2,1-6H3. The Balaban J connectivity index is 1.98. The lowest BCUT2D eigenvalue weighted by Crippen LogP contribution is -2.41. The van der Waals surface area contributed by atoms with Gasteiger partial charge < -0.3 is 9.31 Å². The smallest absolute Gasteiger partial charge is 0.403 e. The molecule has 1 saturated carbocycles. The number of hydrogen-bond acceptors (Lipinski definition) is 2.